The first-order valence-corrected chi connectivity index (χ1v) is 9.33. The van der Waals surface area contributed by atoms with E-state index in [-0.39, 0.29) is 31.8 Å². The molecule has 0 amide bonds. The van der Waals surface area contributed by atoms with E-state index in [1.165, 1.54) is 6.92 Å². The van der Waals surface area contributed by atoms with Gasteiger partial charge in [0.1, 0.15) is 25.7 Å². The third-order valence-electron chi connectivity index (χ3n) is 3.70. The first kappa shape index (κ1) is 23.4. The average molecular weight is 391 g/mol. The summed E-state index contributed by atoms with van der Waals surface area (Å²) in [6, 6.07) is 9.19. The number of esters is 3. The predicted molar refractivity (Wildman–Crippen MR) is 104 cm³/mol. The minimum absolute atomic E-state index is 0.0828. The molecular formula is C21H29NO6. The van der Waals surface area contributed by atoms with E-state index in [0.29, 0.717) is 6.54 Å². The highest BCUT2D eigenvalue weighted by Gasteiger charge is 2.24. The summed E-state index contributed by atoms with van der Waals surface area (Å²) in [4.78, 5) is 35.8. The van der Waals surface area contributed by atoms with Gasteiger partial charge in [0, 0.05) is 12.1 Å². The first-order chi connectivity index (χ1) is 13.4. The largest absolute Gasteiger partial charge is 0.465 e. The highest BCUT2D eigenvalue weighted by Crippen LogP contribution is 2.08. The van der Waals surface area contributed by atoms with Crippen LogP contribution >= 0.6 is 0 Å². The smallest absolute Gasteiger partial charge is 0.333 e. The normalized spacial score (nSPS) is 11.4. The maximum atomic E-state index is 12.4. The molecule has 0 bridgehead atoms. The Kier molecular flexibility index (Phi) is 11.3. The second kappa shape index (κ2) is 13.5. The van der Waals surface area contributed by atoms with Crippen molar-refractivity contribution in [2.45, 2.75) is 33.3 Å². The van der Waals surface area contributed by atoms with Gasteiger partial charge < -0.3 is 19.5 Å². The molecule has 1 aromatic rings. The number of nitrogens with one attached hydrogen (secondary N) is 1. The van der Waals surface area contributed by atoms with Crippen molar-refractivity contribution < 1.29 is 28.6 Å². The molecule has 0 aliphatic rings. The lowest BCUT2D eigenvalue weighted by atomic mass is 10.2. The summed E-state index contributed by atoms with van der Waals surface area (Å²) in [6.45, 7) is 7.97. The molecule has 0 saturated carbocycles. The lowest BCUT2D eigenvalue weighted by Gasteiger charge is -2.16. The van der Waals surface area contributed by atoms with Gasteiger partial charge in [-0.05, 0) is 25.5 Å². The third kappa shape index (κ3) is 9.87. The van der Waals surface area contributed by atoms with Gasteiger partial charge in [-0.1, -0.05) is 43.8 Å². The standard InChI is InChI=1S/C21H29NO6/c1-4-11-22-12-10-19(23)26-14-18(15-28-20(24)16(2)3)21(25)27-13-17-8-6-5-7-9-17/h5-9,18,22H,2,4,10-15H2,1,3H3. The van der Waals surface area contributed by atoms with E-state index < -0.39 is 23.8 Å². The Balaban J connectivity index is 2.54. The van der Waals surface area contributed by atoms with Gasteiger partial charge in [-0.15, -0.1) is 0 Å². The van der Waals surface area contributed by atoms with Crippen LogP contribution in [0.15, 0.2) is 42.5 Å². The van der Waals surface area contributed by atoms with Crippen molar-refractivity contribution in [2.75, 3.05) is 26.3 Å². The van der Waals surface area contributed by atoms with E-state index in [4.69, 9.17) is 14.2 Å². The van der Waals surface area contributed by atoms with Gasteiger partial charge in [-0.2, -0.15) is 0 Å². The second-order valence-electron chi connectivity index (χ2n) is 6.35. The van der Waals surface area contributed by atoms with E-state index in [2.05, 4.69) is 11.9 Å². The van der Waals surface area contributed by atoms with Crippen LogP contribution in [0.1, 0.15) is 32.3 Å². The fourth-order valence-corrected chi connectivity index (χ4v) is 2.09. The van der Waals surface area contributed by atoms with Crippen molar-refractivity contribution in [3.63, 3.8) is 0 Å². The van der Waals surface area contributed by atoms with Gasteiger partial charge in [0.15, 0.2) is 0 Å². The molecular weight excluding hydrogens is 362 g/mol. The minimum atomic E-state index is -0.903. The molecule has 154 valence electrons. The van der Waals surface area contributed by atoms with Gasteiger partial charge in [0.05, 0.1) is 6.42 Å². The molecule has 7 heteroatoms. The highest BCUT2D eigenvalue weighted by atomic mass is 16.6. The number of hydrogen-bond donors (Lipinski definition) is 1. The van der Waals surface area contributed by atoms with Crippen molar-refractivity contribution in [2.24, 2.45) is 5.92 Å². The number of carbonyl (C=O) groups is 3. The van der Waals surface area contributed by atoms with Crippen LogP contribution in [0.4, 0.5) is 0 Å². The van der Waals surface area contributed by atoms with Gasteiger partial charge in [-0.3, -0.25) is 9.59 Å². The van der Waals surface area contributed by atoms with Crippen molar-refractivity contribution >= 4 is 17.9 Å². The summed E-state index contributed by atoms with van der Waals surface area (Å²) >= 11 is 0. The maximum Gasteiger partial charge on any atom is 0.333 e. The van der Waals surface area contributed by atoms with E-state index >= 15 is 0 Å². The molecule has 0 heterocycles. The summed E-state index contributed by atoms with van der Waals surface area (Å²) < 4.78 is 15.5. The average Bonchev–Trinajstić information content (AvgIpc) is 2.69. The zero-order valence-electron chi connectivity index (χ0n) is 16.6. The first-order valence-electron chi connectivity index (χ1n) is 9.33. The number of hydrogen-bond acceptors (Lipinski definition) is 7. The van der Waals surface area contributed by atoms with E-state index in [1.807, 2.05) is 37.3 Å². The molecule has 0 radical (unpaired) electrons. The molecule has 28 heavy (non-hydrogen) atoms. The lowest BCUT2D eigenvalue weighted by molar-refractivity contribution is -0.160. The van der Waals surface area contributed by atoms with Gasteiger partial charge in [0.2, 0.25) is 0 Å². The molecule has 1 aromatic carbocycles. The van der Waals surface area contributed by atoms with E-state index in [9.17, 15) is 14.4 Å². The van der Waals surface area contributed by atoms with Crippen molar-refractivity contribution in [3.8, 4) is 0 Å². The Bertz CT molecular complexity index is 644. The summed E-state index contributed by atoms with van der Waals surface area (Å²) in [6.07, 6.45) is 1.16. The van der Waals surface area contributed by atoms with Crippen LogP contribution < -0.4 is 5.32 Å². The Hall–Kier alpha value is -2.67. The Morgan fingerprint density at radius 3 is 2.36 bits per heavy atom. The van der Waals surface area contributed by atoms with Crippen LogP contribution in [-0.4, -0.2) is 44.2 Å². The van der Waals surface area contributed by atoms with Crippen molar-refractivity contribution in [3.05, 3.63) is 48.0 Å². The van der Waals surface area contributed by atoms with Crippen LogP contribution in [0.3, 0.4) is 0 Å². The fraction of sp³-hybridized carbons (Fsp3) is 0.476. The Morgan fingerprint density at radius 2 is 1.71 bits per heavy atom. The predicted octanol–water partition coefficient (Wildman–Crippen LogP) is 2.40. The monoisotopic (exact) mass is 391 g/mol. The SMILES string of the molecule is C=C(C)C(=O)OCC(COC(=O)CCNCCC)C(=O)OCc1ccccc1. The molecule has 0 aliphatic heterocycles. The molecule has 7 nitrogen and oxygen atoms in total. The van der Waals surface area contributed by atoms with E-state index in [1.54, 1.807) is 0 Å². The van der Waals surface area contributed by atoms with Gasteiger partial charge in [-0.25, -0.2) is 4.79 Å². The third-order valence-corrected chi connectivity index (χ3v) is 3.70. The number of carbonyl (C=O) groups excluding carboxylic acids is 3. The van der Waals surface area contributed by atoms with Crippen molar-refractivity contribution in [1.29, 1.82) is 0 Å². The molecule has 1 unspecified atom stereocenters. The van der Waals surface area contributed by atoms with Crippen LogP contribution in [0, 0.1) is 5.92 Å². The lowest BCUT2D eigenvalue weighted by Crippen LogP contribution is -2.30. The Labute approximate surface area is 166 Å². The minimum Gasteiger partial charge on any atom is -0.465 e. The topological polar surface area (TPSA) is 90.9 Å². The molecule has 0 aromatic heterocycles. The molecule has 0 aliphatic carbocycles. The number of benzene rings is 1. The van der Waals surface area contributed by atoms with Crippen LogP contribution in [0.5, 0.6) is 0 Å². The molecule has 1 atom stereocenters. The summed E-state index contributed by atoms with van der Waals surface area (Å²) in [5.41, 5.74) is 1.04. The fourth-order valence-electron chi connectivity index (χ4n) is 2.09. The van der Waals surface area contributed by atoms with Crippen LogP contribution in [-0.2, 0) is 35.2 Å². The number of rotatable bonds is 13. The van der Waals surface area contributed by atoms with Crippen LogP contribution in [0.25, 0.3) is 0 Å². The van der Waals surface area contributed by atoms with Crippen molar-refractivity contribution in [1.82, 2.24) is 5.32 Å². The highest BCUT2D eigenvalue weighted by molar-refractivity contribution is 5.87. The second-order valence-corrected chi connectivity index (χ2v) is 6.35. The molecule has 0 spiro atoms. The summed E-state index contributed by atoms with van der Waals surface area (Å²) in [5.74, 6) is -2.55. The molecule has 1 N–H and O–H groups in total. The molecule has 0 fully saturated rings. The van der Waals surface area contributed by atoms with Crippen LogP contribution in [0.2, 0.25) is 0 Å². The maximum absolute atomic E-state index is 12.4. The number of ether oxygens (including phenoxy) is 3. The summed E-state index contributed by atoms with van der Waals surface area (Å²) in [5, 5.41) is 3.10. The quantitative estimate of drug-likeness (QED) is 0.239. The Morgan fingerprint density at radius 1 is 1.04 bits per heavy atom. The van der Waals surface area contributed by atoms with Gasteiger partial charge in [0.25, 0.3) is 0 Å². The zero-order chi connectivity index (χ0) is 20.8. The van der Waals surface area contributed by atoms with E-state index in [0.717, 1.165) is 18.5 Å². The molecule has 0 saturated heterocycles. The van der Waals surface area contributed by atoms with Gasteiger partial charge >= 0.3 is 17.9 Å². The zero-order valence-corrected chi connectivity index (χ0v) is 16.6. The molecule has 1 rings (SSSR count). The summed E-state index contributed by atoms with van der Waals surface area (Å²) in [7, 11) is 0.